The number of carbonyl (C=O) groups excluding carboxylic acids is 1. The Kier molecular flexibility index (Phi) is 8.69. The van der Waals surface area contributed by atoms with Crippen molar-refractivity contribution in [2.75, 3.05) is 28.6 Å². The van der Waals surface area contributed by atoms with Crippen molar-refractivity contribution in [2.24, 2.45) is 11.8 Å². The predicted octanol–water partition coefficient (Wildman–Crippen LogP) is 7.26. The second kappa shape index (κ2) is 11.7. The first-order valence-electron chi connectivity index (χ1n) is 12.1. The van der Waals surface area contributed by atoms with Crippen LogP contribution >= 0.6 is 0 Å². The molecule has 0 radical (unpaired) electrons. The standard InChI is InChI=1S/C29H34FN3O3/c1-18(2)16-33(17-19(3)4)25-15-14-23(22-8-6-7-9-24(22)28(34)35)26(30)27(25)32-29(36)31-21-12-10-20(5)11-13-21/h6-15,18-19H,16-17H2,1-5H3,(H,34,35)(H2,31,32,36). The molecule has 0 bridgehead atoms. The number of rotatable bonds is 9. The van der Waals surface area contributed by atoms with Crippen LogP contribution in [0.4, 0.5) is 26.2 Å². The molecule has 0 atom stereocenters. The third-order valence-electron chi connectivity index (χ3n) is 5.63. The van der Waals surface area contributed by atoms with E-state index in [4.69, 9.17) is 0 Å². The number of aromatic carboxylic acids is 1. The zero-order valence-electron chi connectivity index (χ0n) is 21.4. The minimum atomic E-state index is -1.15. The van der Waals surface area contributed by atoms with Crippen LogP contribution in [0.15, 0.2) is 60.7 Å². The molecular formula is C29H34FN3O3. The number of carboxylic acids is 1. The number of nitrogens with one attached hydrogen (secondary N) is 2. The molecule has 0 spiro atoms. The van der Waals surface area contributed by atoms with Gasteiger partial charge in [-0.1, -0.05) is 63.6 Å². The minimum absolute atomic E-state index is 0.0126. The zero-order chi connectivity index (χ0) is 26.4. The summed E-state index contributed by atoms with van der Waals surface area (Å²) in [5, 5.41) is 15.1. The number of hydrogen-bond donors (Lipinski definition) is 3. The van der Waals surface area contributed by atoms with Crippen LogP contribution in [0.3, 0.4) is 0 Å². The Bertz CT molecular complexity index is 1210. The van der Waals surface area contributed by atoms with Gasteiger partial charge in [0.1, 0.15) is 5.69 Å². The van der Waals surface area contributed by atoms with E-state index in [1.165, 1.54) is 6.07 Å². The summed E-state index contributed by atoms with van der Waals surface area (Å²) in [5.41, 5.74) is 2.53. The van der Waals surface area contributed by atoms with E-state index in [1.807, 2.05) is 19.1 Å². The van der Waals surface area contributed by atoms with Crippen molar-refractivity contribution in [3.05, 3.63) is 77.6 Å². The highest BCUT2D eigenvalue weighted by molar-refractivity contribution is 6.03. The summed E-state index contributed by atoms with van der Waals surface area (Å²) in [5.74, 6) is -1.23. The van der Waals surface area contributed by atoms with Crippen LogP contribution in [-0.4, -0.2) is 30.2 Å². The molecule has 0 unspecified atom stereocenters. The largest absolute Gasteiger partial charge is 0.478 e. The number of anilines is 3. The fourth-order valence-corrected chi connectivity index (χ4v) is 4.13. The summed E-state index contributed by atoms with van der Waals surface area (Å²) in [6.07, 6.45) is 0. The van der Waals surface area contributed by atoms with Gasteiger partial charge in [0.05, 0.1) is 11.3 Å². The molecule has 0 aromatic heterocycles. The summed E-state index contributed by atoms with van der Waals surface area (Å²) in [6.45, 7) is 11.6. The highest BCUT2D eigenvalue weighted by Crippen LogP contribution is 2.37. The molecule has 0 saturated heterocycles. The molecule has 0 fully saturated rings. The van der Waals surface area contributed by atoms with Crippen LogP contribution in [0.2, 0.25) is 0 Å². The Hall–Kier alpha value is -3.87. The third-order valence-corrected chi connectivity index (χ3v) is 5.63. The van der Waals surface area contributed by atoms with Crippen molar-refractivity contribution in [1.29, 1.82) is 0 Å². The maximum atomic E-state index is 16.2. The van der Waals surface area contributed by atoms with Crippen LogP contribution in [0.1, 0.15) is 43.6 Å². The maximum Gasteiger partial charge on any atom is 0.336 e. The van der Waals surface area contributed by atoms with Crippen LogP contribution in [0.25, 0.3) is 11.1 Å². The number of carbonyl (C=O) groups is 2. The lowest BCUT2D eigenvalue weighted by Crippen LogP contribution is -2.33. The summed E-state index contributed by atoms with van der Waals surface area (Å²) < 4.78 is 16.2. The molecule has 0 aliphatic carbocycles. The summed E-state index contributed by atoms with van der Waals surface area (Å²) in [4.78, 5) is 26.8. The van der Waals surface area contributed by atoms with Crippen LogP contribution in [0, 0.1) is 24.6 Å². The molecule has 2 amide bonds. The average Bonchev–Trinajstić information content (AvgIpc) is 2.81. The number of benzene rings is 3. The average molecular weight is 492 g/mol. The van der Waals surface area contributed by atoms with Gasteiger partial charge >= 0.3 is 12.0 Å². The molecule has 6 nitrogen and oxygen atoms in total. The van der Waals surface area contributed by atoms with Gasteiger partial charge in [-0.25, -0.2) is 14.0 Å². The lowest BCUT2D eigenvalue weighted by Gasteiger charge is -2.31. The summed E-state index contributed by atoms with van der Waals surface area (Å²) >= 11 is 0. The first-order valence-corrected chi connectivity index (χ1v) is 12.1. The van der Waals surface area contributed by atoms with Gasteiger partial charge in [-0.15, -0.1) is 0 Å². The number of nitrogens with zero attached hydrogens (tertiary/aromatic N) is 1. The van der Waals surface area contributed by atoms with E-state index < -0.39 is 17.8 Å². The van der Waals surface area contributed by atoms with Crippen molar-refractivity contribution in [3.63, 3.8) is 0 Å². The van der Waals surface area contributed by atoms with Crippen molar-refractivity contribution >= 4 is 29.1 Å². The van der Waals surface area contributed by atoms with E-state index in [1.54, 1.807) is 42.5 Å². The molecule has 0 aliphatic heterocycles. The minimum Gasteiger partial charge on any atom is -0.478 e. The fourth-order valence-electron chi connectivity index (χ4n) is 4.13. The number of hydrogen-bond acceptors (Lipinski definition) is 3. The molecule has 190 valence electrons. The third kappa shape index (κ3) is 6.62. The van der Waals surface area contributed by atoms with Gasteiger partial charge in [0.2, 0.25) is 0 Å². The molecule has 3 aromatic carbocycles. The highest BCUT2D eigenvalue weighted by Gasteiger charge is 2.24. The molecule has 36 heavy (non-hydrogen) atoms. The first-order chi connectivity index (χ1) is 17.1. The normalized spacial score (nSPS) is 11.0. The number of aryl methyl sites for hydroxylation is 1. The Morgan fingerprint density at radius 3 is 2.06 bits per heavy atom. The highest BCUT2D eigenvalue weighted by atomic mass is 19.1. The second-order valence-electron chi connectivity index (χ2n) is 9.81. The Balaban J connectivity index is 2.11. The Morgan fingerprint density at radius 2 is 1.47 bits per heavy atom. The SMILES string of the molecule is Cc1ccc(NC(=O)Nc2c(N(CC(C)C)CC(C)C)ccc(-c3ccccc3C(=O)O)c2F)cc1. The molecule has 3 N–H and O–H groups in total. The van der Waals surface area contributed by atoms with Crippen LogP contribution in [0.5, 0.6) is 0 Å². The van der Waals surface area contributed by atoms with Gasteiger partial charge in [-0.2, -0.15) is 0 Å². The van der Waals surface area contributed by atoms with E-state index in [0.717, 1.165) is 5.56 Å². The van der Waals surface area contributed by atoms with E-state index in [9.17, 15) is 14.7 Å². The number of amides is 2. The maximum absolute atomic E-state index is 16.2. The summed E-state index contributed by atoms with van der Waals surface area (Å²) in [7, 11) is 0. The lowest BCUT2D eigenvalue weighted by molar-refractivity contribution is 0.0697. The van der Waals surface area contributed by atoms with E-state index in [-0.39, 0.29) is 22.4 Å². The zero-order valence-corrected chi connectivity index (χ0v) is 21.4. The van der Waals surface area contributed by atoms with Gasteiger partial charge in [-0.3, -0.25) is 0 Å². The Morgan fingerprint density at radius 1 is 0.861 bits per heavy atom. The van der Waals surface area contributed by atoms with Crippen molar-refractivity contribution in [3.8, 4) is 11.1 Å². The Labute approximate surface area is 212 Å². The van der Waals surface area contributed by atoms with E-state index >= 15 is 4.39 Å². The number of carboxylic acid groups (broad SMARTS) is 1. The van der Waals surface area contributed by atoms with Crippen molar-refractivity contribution < 1.29 is 19.1 Å². The first kappa shape index (κ1) is 26.7. The number of urea groups is 1. The molecule has 3 rings (SSSR count). The quantitative estimate of drug-likeness (QED) is 0.294. The molecular weight excluding hydrogens is 457 g/mol. The van der Waals surface area contributed by atoms with Gasteiger partial charge in [0.25, 0.3) is 0 Å². The lowest BCUT2D eigenvalue weighted by atomic mass is 9.97. The summed E-state index contributed by atoms with van der Waals surface area (Å²) in [6, 6.07) is 16.3. The van der Waals surface area contributed by atoms with Crippen LogP contribution in [-0.2, 0) is 0 Å². The monoisotopic (exact) mass is 491 g/mol. The predicted molar refractivity (Wildman–Crippen MR) is 145 cm³/mol. The van der Waals surface area contributed by atoms with E-state index in [2.05, 4.69) is 43.2 Å². The fraction of sp³-hybridized carbons (Fsp3) is 0.310. The number of halogens is 1. The topological polar surface area (TPSA) is 81.7 Å². The molecule has 0 aliphatic rings. The second-order valence-corrected chi connectivity index (χ2v) is 9.81. The van der Waals surface area contributed by atoms with Crippen molar-refractivity contribution in [1.82, 2.24) is 0 Å². The van der Waals surface area contributed by atoms with Gasteiger partial charge in [0, 0.05) is 24.3 Å². The van der Waals surface area contributed by atoms with Gasteiger partial charge < -0.3 is 20.6 Å². The molecule has 3 aromatic rings. The molecule has 0 heterocycles. The van der Waals surface area contributed by atoms with E-state index in [0.29, 0.717) is 36.3 Å². The van der Waals surface area contributed by atoms with Crippen LogP contribution < -0.4 is 15.5 Å². The van der Waals surface area contributed by atoms with Gasteiger partial charge in [-0.05, 0) is 54.7 Å². The molecule has 0 saturated carbocycles. The van der Waals surface area contributed by atoms with Gasteiger partial charge in [0.15, 0.2) is 5.82 Å². The van der Waals surface area contributed by atoms with Crippen molar-refractivity contribution in [2.45, 2.75) is 34.6 Å². The smallest absolute Gasteiger partial charge is 0.336 e. The molecule has 7 heteroatoms.